The first-order chi connectivity index (χ1) is 13.4. The molecule has 1 fully saturated rings. The Kier molecular flexibility index (Phi) is 6.43. The number of carbonyl (C=O) groups excluding carboxylic acids is 2. The molecule has 2 amide bonds. The third-order valence-electron chi connectivity index (χ3n) is 4.37. The zero-order valence-corrected chi connectivity index (χ0v) is 16.1. The third kappa shape index (κ3) is 4.96. The Bertz CT molecular complexity index is 872. The van der Waals surface area contributed by atoms with E-state index in [1.54, 1.807) is 11.0 Å². The molecule has 0 spiro atoms. The summed E-state index contributed by atoms with van der Waals surface area (Å²) in [6.45, 7) is 2.76. The van der Waals surface area contributed by atoms with Crippen LogP contribution in [0.4, 0.5) is 4.39 Å². The molecule has 148 valence electrons. The van der Waals surface area contributed by atoms with Gasteiger partial charge in [0.1, 0.15) is 17.1 Å². The fourth-order valence-electron chi connectivity index (χ4n) is 2.73. The standard InChI is InChI=1S/C19H20ClFN4O3/c1-24-7-9-25(10-8-24)17(26)12-23-18(27)14-3-2-6-22-19(14)28-16-5-4-13(21)11-15(16)20/h2-6,11H,7-10,12H2,1H3,(H,23,27). The van der Waals surface area contributed by atoms with Gasteiger partial charge in [0.15, 0.2) is 0 Å². The minimum absolute atomic E-state index is 0.0144. The smallest absolute Gasteiger partial charge is 0.257 e. The van der Waals surface area contributed by atoms with Crippen molar-refractivity contribution in [3.05, 3.63) is 52.9 Å². The first-order valence-corrected chi connectivity index (χ1v) is 9.14. The SMILES string of the molecule is CN1CCN(C(=O)CNC(=O)c2cccnc2Oc2ccc(F)cc2Cl)CC1. The maximum absolute atomic E-state index is 13.2. The van der Waals surface area contributed by atoms with E-state index in [4.69, 9.17) is 16.3 Å². The summed E-state index contributed by atoms with van der Waals surface area (Å²) in [6.07, 6.45) is 1.46. The van der Waals surface area contributed by atoms with E-state index in [0.29, 0.717) is 13.1 Å². The predicted octanol–water partition coefficient (Wildman–Crippen LogP) is 2.17. The summed E-state index contributed by atoms with van der Waals surface area (Å²) in [6, 6.07) is 6.75. The van der Waals surface area contributed by atoms with Gasteiger partial charge in [-0.05, 0) is 37.4 Å². The molecule has 2 aromatic rings. The number of piperazine rings is 1. The molecule has 0 bridgehead atoms. The molecular weight excluding hydrogens is 387 g/mol. The minimum Gasteiger partial charge on any atom is -0.437 e. The second kappa shape index (κ2) is 8.99. The van der Waals surface area contributed by atoms with E-state index >= 15 is 0 Å². The topological polar surface area (TPSA) is 74.8 Å². The van der Waals surface area contributed by atoms with Gasteiger partial charge >= 0.3 is 0 Å². The number of hydrogen-bond donors (Lipinski definition) is 1. The van der Waals surface area contributed by atoms with Crippen molar-refractivity contribution in [1.29, 1.82) is 0 Å². The summed E-state index contributed by atoms with van der Waals surface area (Å²) >= 11 is 5.96. The van der Waals surface area contributed by atoms with E-state index in [-0.39, 0.29) is 34.7 Å². The molecule has 1 aliphatic rings. The second-order valence-electron chi connectivity index (χ2n) is 6.40. The van der Waals surface area contributed by atoms with Gasteiger partial charge in [-0.1, -0.05) is 11.6 Å². The van der Waals surface area contributed by atoms with Gasteiger partial charge in [-0.15, -0.1) is 0 Å². The summed E-state index contributed by atoms with van der Waals surface area (Å²) in [5.74, 6) is -0.957. The normalized spacial score (nSPS) is 14.6. The summed E-state index contributed by atoms with van der Waals surface area (Å²) in [5, 5.41) is 2.66. The predicted molar refractivity (Wildman–Crippen MR) is 102 cm³/mol. The highest BCUT2D eigenvalue weighted by molar-refractivity contribution is 6.32. The number of hydrogen-bond acceptors (Lipinski definition) is 5. The molecule has 0 atom stereocenters. The van der Waals surface area contributed by atoms with Crippen molar-refractivity contribution in [3.8, 4) is 11.6 Å². The number of amides is 2. The molecule has 0 saturated carbocycles. The zero-order chi connectivity index (χ0) is 20.1. The van der Waals surface area contributed by atoms with Crippen LogP contribution in [0.3, 0.4) is 0 Å². The molecule has 1 saturated heterocycles. The van der Waals surface area contributed by atoms with E-state index in [1.807, 2.05) is 7.05 Å². The second-order valence-corrected chi connectivity index (χ2v) is 6.81. The van der Waals surface area contributed by atoms with Gasteiger partial charge in [0.2, 0.25) is 11.8 Å². The number of aromatic nitrogens is 1. The van der Waals surface area contributed by atoms with Crippen LogP contribution in [-0.4, -0.2) is 66.4 Å². The van der Waals surface area contributed by atoms with Crippen molar-refractivity contribution >= 4 is 23.4 Å². The molecular formula is C19H20ClFN4O3. The highest BCUT2D eigenvalue weighted by atomic mass is 35.5. The van der Waals surface area contributed by atoms with Gasteiger partial charge < -0.3 is 19.9 Å². The van der Waals surface area contributed by atoms with Crippen LogP contribution >= 0.6 is 11.6 Å². The van der Waals surface area contributed by atoms with Crippen LogP contribution in [0.1, 0.15) is 10.4 Å². The highest BCUT2D eigenvalue weighted by Gasteiger charge is 2.21. The van der Waals surface area contributed by atoms with Gasteiger partial charge in [-0.3, -0.25) is 9.59 Å². The van der Waals surface area contributed by atoms with Gasteiger partial charge in [-0.25, -0.2) is 9.37 Å². The van der Waals surface area contributed by atoms with Gasteiger partial charge in [0.05, 0.1) is 11.6 Å². The number of pyridine rings is 1. The number of halogens is 2. The molecule has 3 rings (SSSR count). The van der Waals surface area contributed by atoms with Gasteiger partial charge in [0.25, 0.3) is 5.91 Å². The molecule has 2 heterocycles. The Labute approximate surface area is 167 Å². The monoisotopic (exact) mass is 406 g/mol. The van der Waals surface area contributed by atoms with Crippen LogP contribution in [0.5, 0.6) is 11.6 Å². The fourth-order valence-corrected chi connectivity index (χ4v) is 2.93. The number of rotatable bonds is 5. The molecule has 0 radical (unpaired) electrons. The molecule has 1 aromatic carbocycles. The Morgan fingerprint density at radius 3 is 2.71 bits per heavy atom. The van der Waals surface area contributed by atoms with E-state index in [9.17, 15) is 14.0 Å². The van der Waals surface area contributed by atoms with Gasteiger partial charge in [0, 0.05) is 32.4 Å². The van der Waals surface area contributed by atoms with Crippen LogP contribution in [0.2, 0.25) is 5.02 Å². The van der Waals surface area contributed by atoms with Crippen LogP contribution < -0.4 is 10.1 Å². The number of nitrogens with one attached hydrogen (secondary N) is 1. The lowest BCUT2D eigenvalue weighted by Gasteiger charge is -2.32. The average molecular weight is 407 g/mol. The molecule has 0 aliphatic carbocycles. The molecule has 28 heavy (non-hydrogen) atoms. The largest absolute Gasteiger partial charge is 0.437 e. The maximum atomic E-state index is 13.2. The van der Waals surface area contributed by atoms with Crippen molar-refractivity contribution in [2.75, 3.05) is 39.8 Å². The van der Waals surface area contributed by atoms with E-state index in [1.165, 1.54) is 24.4 Å². The lowest BCUT2D eigenvalue weighted by molar-refractivity contribution is -0.131. The van der Waals surface area contributed by atoms with E-state index in [0.717, 1.165) is 19.2 Å². The molecule has 1 aromatic heterocycles. The Hall–Kier alpha value is -2.71. The average Bonchev–Trinajstić information content (AvgIpc) is 2.69. The lowest BCUT2D eigenvalue weighted by Crippen LogP contribution is -2.50. The Morgan fingerprint density at radius 2 is 2.00 bits per heavy atom. The van der Waals surface area contributed by atoms with Crippen molar-refractivity contribution < 1.29 is 18.7 Å². The van der Waals surface area contributed by atoms with Crippen LogP contribution in [0.25, 0.3) is 0 Å². The van der Waals surface area contributed by atoms with Crippen molar-refractivity contribution in [2.45, 2.75) is 0 Å². The summed E-state index contributed by atoms with van der Waals surface area (Å²) in [5.41, 5.74) is 0.147. The fraction of sp³-hybridized carbons (Fsp3) is 0.316. The van der Waals surface area contributed by atoms with Crippen molar-refractivity contribution in [1.82, 2.24) is 20.1 Å². The Morgan fingerprint density at radius 1 is 1.25 bits per heavy atom. The van der Waals surface area contributed by atoms with Crippen molar-refractivity contribution in [3.63, 3.8) is 0 Å². The van der Waals surface area contributed by atoms with Crippen LogP contribution in [0, 0.1) is 5.82 Å². The lowest BCUT2D eigenvalue weighted by atomic mass is 10.2. The summed E-state index contributed by atoms with van der Waals surface area (Å²) in [7, 11) is 2.00. The number of carbonyl (C=O) groups is 2. The first-order valence-electron chi connectivity index (χ1n) is 8.76. The van der Waals surface area contributed by atoms with E-state index < -0.39 is 11.7 Å². The number of benzene rings is 1. The zero-order valence-electron chi connectivity index (χ0n) is 15.3. The number of ether oxygens (including phenoxy) is 1. The third-order valence-corrected chi connectivity index (χ3v) is 4.67. The molecule has 7 nitrogen and oxygen atoms in total. The summed E-state index contributed by atoms with van der Waals surface area (Å²) in [4.78, 5) is 32.7. The molecule has 0 unspecified atom stereocenters. The van der Waals surface area contributed by atoms with Crippen LogP contribution in [-0.2, 0) is 4.79 Å². The number of likely N-dealkylation sites (N-methyl/N-ethyl adjacent to an activating group) is 1. The summed E-state index contributed by atoms with van der Waals surface area (Å²) < 4.78 is 18.8. The number of nitrogens with zero attached hydrogens (tertiary/aromatic N) is 3. The van der Waals surface area contributed by atoms with Crippen molar-refractivity contribution in [2.24, 2.45) is 0 Å². The Balaban J connectivity index is 1.65. The molecule has 1 N–H and O–H groups in total. The van der Waals surface area contributed by atoms with Crippen LogP contribution in [0.15, 0.2) is 36.5 Å². The first kappa shape index (κ1) is 20.0. The highest BCUT2D eigenvalue weighted by Crippen LogP contribution is 2.30. The minimum atomic E-state index is -0.501. The molecule has 9 heteroatoms. The quantitative estimate of drug-likeness (QED) is 0.823. The maximum Gasteiger partial charge on any atom is 0.257 e. The van der Waals surface area contributed by atoms with E-state index in [2.05, 4.69) is 15.2 Å². The van der Waals surface area contributed by atoms with Gasteiger partial charge in [-0.2, -0.15) is 0 Å². The molecule has 1 aliphatic heterocycles.